The molecule has 0 saturated carbocycles. The average molecular weight is 587 g/mol. The molecule has 1 unspecified atom stereocenters. The van der Waals surface area contributed by atoms with E-state index in [0.29, 0.717) is 36.7 Å². The number of carbonyl (C=O) groups is 2. The van der Waals surface area contributed by atoms with Crippen molar-refractivity contribution in [3.63, 3.8) is 0 Å². The van der Waals surface area contributed by atoms with Crippen LogP contribution in [0.5, 0.6) is 5.75 Å². The molecule has 0 spiro atoms. The van der Waals surface area contributed by atoms with Gasteiger partial charge in [-0.15, -0.1) is 0 Å². The standard InChI is InChI=1S/C31H37N3O4.2ClH/c1-21(2)26-11-10-25(18-22(26)3)38-20-24(35)19-33-14-12-32(13-15-33)16-17-34-30(36)27-8-4-6-23-7-5-9-28(29(23)27)31(34)37;;/h4-11,18,21,24,35H,12-17,19-20H2,1-3H3;2*1H/p-2. The Morgan fingerprint density at radius 2 is 1.45 bits per heavy atom. The molecule has 2 aliphatic heterocycles. The maximum Gasteiger partial charge on any atom is 0.261 e. The first kappa shape index (κ1) is 31.8. The molecule has 1 atom stereocenters. The summed E-state index contributed by atoms with van der Waals surface area (Å²) >= 11 is 0. The first-order chi connectivity index (χ1) is 18.3. The Hall–Kier alpha value is -2.68. The molecule has 216 valence electrons. The predicted octanol–water partition coefficient (Wildman–Crippen LogP) is -2.07. The maximum absolute atomic E-state index is 13.1. The summed E-state index contributed by atoms with van der Waals surface area (Å²) in [7, 11) is 0. The van der Waals surface area contributed by atoms with E-state index in [0.717, 1.165) is 42.7 Å². The summed E-state index contributed by atoms with van der Waals surface area (Å²) in [6.07, 6.45) is -0.571. The molecule has 0 aromatic heterocycles. The fourth-order valence-corrected chi connectivity index (χ4v) is 5.65. The molecule has 9 heteroatoms. The number of benzene rings is 3. The van der Waals surface area contributed by atoms with Gasteiger partial charge in [-0.25, -0.2) is 0 Å². The fourth-order valence-electron chi connectivity index (χ4n) is 5.65. The van der Waals surface area contributed by atoms with Gasteiger partial charge in [0.1, 0.15) is 18.5 Å². The van der Waals surface area contributed by atoms with Gasteiger partial charge in [0.05, 0.1) is 0 Å². The number of ether oxygens (including phenoxy) is 1. The van der Waals surface area contributed by atoms with Crippen LogP contribution in [0.2, 0.25) is 0 Å². The Morgan fingerprint density at radius 3 is 2.02 bits per heavy atom. The number of imide groups is 1. The van der Waals surface area contributed by atoms with E-state index in [2.05, 4.69) is 36.6 Å². The fraction of sp³-hybridized carbons (Fsp3) is 0.419. The third-order valence-corrected chi connectivity index (χ3v) is 7.74. The first-order valence-electron chi connectivity index (χ1n) is 13.6. The Labute approximate surface area is 248 Å². The lowest BCUT2D eigenvalue weighted by Gasteiger charge is -2.36. The van der Waals surface area contributed by atoms with Crippen LogP contribution >= 0.6 is 0 Å². The third kappa shape index (κ3) is 6.78. The number of hydrogen-bond acceptors (Lipinski definition) is 6. The number of aliphatic hydroxyl groups is 1. The summed E-state index contributed by atoms with van der Waals surface area (Å²) in [5.74, 6) is 0.836. The number of aryl methyl sites for hydroxylation is 1. The van der Waals surface area contributed by atoms with Crippen LogP contribution in [0.25, 0.3) is 10.8 Å². The lowest BCUT2D eigenvalue weighted by molar-refractivity contribution is -0.001000. The molecule has 3 aromatic carbocycles. The number of halogens is 2. The highest BCUT2D eigenvalue weighted by atomic mass is 35.5. The van der Waals surface area contributed by atoms with Crippen molar-refractivity contribution in [3.8, 4) is 5.75 Å². The second-order valence-electron chi connectivity index (χ2n) is 10.8. The molecule has 1 fully saturated rings. The van der Waals surface area contributed by atoms with Gasteiger partial charge in [0.25, 0.3) is 11.8 Å². The zero-order valence-electron chi connectivity index (χ0n) is 23.3. The van der Waals surface area contributed by atoms with Gasteiger partial charge in [0.15, 0.2) is 0 Å². The molecular weight excluding hydrogens is 549 g/mol. The Kier molecular flexibility index (Phi) is 11.0. The van der Waals surface area contributed by atoms with E-state index in [-0.39, 0.29) is 43.2 Å². The zero-order chi connectivity index (χ0) is 26.8. The minimum atomic E-state index is -0.571. The first-order valence-corrected chi connectivity index (χ1v) is 13.6. The van der Waals surface area contributed by atoms with Gasteiger partial charge in [-0.3, -0.25) is 24.3 Å². The molecule has 40 heavy (non-hydrogen) atoms. The molecule has 0 aliphatic carbocycles. The van der Waals surface area contributed by atoms with Crippen molar-refractivity contribution >= 4 is 22.6 Å². The van der Waals surface area contributed by atoms with Crippen molar-refractivity contribution in [2.45, 2.75) is 32.8 Å². The highest BCUT2D eigenvalue weighted by molar-refractivity contribution is 6.25. The Morgan fingerprint density at radius 1 is 0.850 bits per heavy atom. The van der Waals surface area contributed by atoms with Crippen molar-refractivity contribution in [2.75, 3.05) is 52.4 Å². The number of hydrogen-bond donors (Lipinski definition) is 1. The highest BCUT2D eigenvalue weighted by Gasteiger charge is 2.33. The van der Waals surface area contributed by atoms with Crippen molar-refractivity contribution in [2.24, 2.45) is 0 Å². The van der Waals surface area contributed by atoms with Gasteiger partial charge in [-0.05, 0) is 53.6 Å². The van der Waals surface area contributed by atoms with E-state index in [1.807, 2.05) is 48.5 Å². The maximum atomic E-state index is 13.1. The monoisotopic (exact) mass is 585 g/mol. The molecule has 5 rings (SSSR count). The van der Waals surface area contributed by atoms with Crippen LogP contribution in [0.15, 0.2) is 54.6 Å². The lowest BCUT2D eigenvalue weighted by atomic mass is 9.94. The number of rotatable bonds is 9. The predicted molar refractivity (Wildman–Crippen MR) is 149 cm³/mol. The quantitative estimate of drug-likeness (QED) is 0.291. The largest absolute Gasteiger partial charge is 1.00 e. The third-order valence-electron chi connectivity index (χ3n) is 7.74. The second kappa shape index (κ2) is 13.8. The molecule has 1 saturated heterocycles. The van der Waals surface area contributed by atoms with Crippen LogP contribution in [0.4, 0.5) is 0 Å². The van der Waals surface area contributed by atoms with Gasteiger partial charge in [-0.1, -0.05) is 44.2 Å². The van der Waals surface area contributed by atoms with E-state index in [9.17, 15) is 14.7 Å². The number of nitrogens with zero attached hydrogens (tertiary/aromatic N) is 3. The Bertz CT molecular complexity index is 1290. The molecule has 2 heterocycles. The smallest absolute Gasteiger partial charge is 0.261 e. The van der Waals surface area contributed by atoms with E-state index in [4.69, 9.17) is 4.74 Å². The van der Waals surface area contributed by atoms with Crippen LogP contribution < -0.4 is 29.6 Å². The summed E-state index contributed by atoms with van der Waals surface area (Å²) in [5, 5.41) is 12.2. The number of aliphatic hydroxyl groups excluding tert-OH is 1. The number of piperazine rings is 1. The summed E-state index contributed by atoms with van der Waals surface area (Å²) in [6.45, 7) is 11.6. The molecule has 1 N–H and O–H groups in total. The summed E-state index contributed by atoms with van der Waals surface area (Å²) in [4.78, 5) is 32.2. The normalized spacial score (nSPS) is 16.6. The number of β-amino-alcohol motifs (C(OH)–C–C–N with tert-alkyl or cyclic N) is 1. The van der Waals surface area contributed by atoms with Gasteiger partial charge in [0, 0.05) is 62.3 Å². The molecule has 7 nitrogen and oxygen atoms in total. The molecule has 0 radical (unpaired) electrons. The van der Waals surface area contributed by atoms with Crippen LogP contribution in [0.3, 0.4) is 0 Å². The van der Waals surface area contributed by atoms with Crippen LogP contribution in [-0.2, 0) is 0 Å². The minimum absolute atomic E-state index is 0. The molecule has 0 bridgehead atoms. The van der Waals surface area contributed by atoms with Crippen LogP contribution in [-0.4, -0.2) is 90.1 Å². The second-order valence-corrected chi connectivity index (χ2v) is 10.8. The zero-order valence-corrected chi connectivity index (χ0v) is 24.8. The minimum Gasteiger partial charge on any atom is -1.00 e. The van der Waals surface area contributed by atoms with E-state index >= 15 is 0 Å². The average Bonchev–Trinajstić information content (AvgIpc) is 2.91. The molecule has 3 aromatic rings. The Balaban J connectivity index is 0.00000220. The molecule has 2 amide bonds. The van der Waals surface area contributed by atoms with Gasteiger partial charge in [-0.2, -0.15) is 0 Å². The van der Waals surface area contributed by atoms with Crippen LogP contribution in [0, 0.1) is 6.92 Å². The number of carbonyl (C=O) groups excluding carboxylic acids is 2. The van der Waals surface area contributed by atoms with Crippen molar-refractivity contribution in [3.05, 3.63) is 76.9 Å². The van der Waals surface area contributed by atoms with E-state index in [1.165, 1.54) is 16.0 Å². The van der Waals surface area contributed by atoms with Crippen molar-refractivity contribution < 1.29 is 44.2 Å². The molecule has 2 aliphatic rings. The van der Waals surface area contributed by atoms with E-state index in [1.54, 1.807) is 0 Å². The SMILES string of the molecule is Cc1cc(OCC(O)CN2CCN(CCN3C(=O)c4cccc5cccc(c45)C3=O)CC2)ccc1C(C)C.[Cl-].[Cl-]. The van der Waals surface area contributed by atoms with E-state index < -0.39 is 6.10 Å². The summed E-state index contributed by atoms with van der Waals surface area (Å²) in [6, 6.07) is 17.4. The van der Waals surface area contributed by atoms with Gasteiger partial charge in [0.2, 0.25) is 0 Å². The number of amides is 2. The lowest BCUT2D eigenvalue weighted by Crippen LogP contribution is -3.00. The summed E-state index contributed by atoms with van der Waals surface area (Å²) in [5.41, 5.74) is 3.72. The van der Waals surface area contributed by atoms with Gasteiger partial charge >= 0.3 is 0 Å². The molecular formula is C31H37Cl2N3O4-2. The van der Waals surface area contributed by atoms with Crippen molar-refractivity contribution in [1.82, 2.24) is 14.7 Å². The summed E-state index contributed by atoms with van der Waals surface area (Å²) < 4.78 is 5.86. The topological polar surface area (TPSA) is 73.3 Å². The highest BCUT2D eigenvalue weighted by Crippen LogP contribution is 2.30. The van der Waals surface area contributed by atoms with Crippen molar-refractivity contribution in [1.29, 1.82) is 0 Å². The van der Waals surface area contributed by atoms with Gasteiger partial charge < -0.3 is 34.7 Å². The van der Waals surface area contributed by atoms with Crippen LogP contribution in [0.1, 0.15) is 51.6 Å².